The molecule has 0 saturated carbocycles. The Labute approximate surface area is 130 Å². The van der Waals surface area contributed by atoms with Crippen LogP contribution < -0.4 is 0 Å². The molecule has 21 heavy (non-hydrogen) atoms. The first-order valence-corrected chi connectivity index (χ1v) is 8.33. The van der Waals surface area contributed by atoms with E-state index in [9.17, 15) is 4.79 Å². The minimum absolute atomic E-state index is 0.129. The Bertz CT molecular complexity index is 584. The molecule has 4 heteroatoms. The lowest BCUT2D eigenvalue weighted by molar-refractivity contribution is -0.117. The van der Waals surface area contributed by atoms with E-state index in [-0.39, 0.29) is 11.8 Å². The van der Waals surface area contributed by atoms with Crippen LogP contribution in [0, 0.1) is 6.92 Å². The van der Waals surface area contributed by atoms with Crippen molar-refractivity contribution >= 4 is 23.2 Å². The van der Waals surface area contributed by atoms with Crippen molar-refractivity contribution in [1.82, 2.24) is 9.55 Å². The number of ketones is 1. The average molecular weight is 302 g/mol. The van der Waals surface area contributed by atoms with Crippen LogP contribution in [-0.2, 0) is 4.79 Å². The zero-order chi connectivity index (χ0) is 15.1. The second-order valence-corrected chi connectivity index (χ2v) is 6.17. The molecule has 0 fully saturated rings. The van der Waals surface area contributed by atoms with Crippen molar-refractivity contribution in [3.8, 4) is 0 Å². The molecule has 3 nitrogen and oxygen atoms in total. The molecule has 0 N–H and O–H groups in total. The number of carbonyl (C=O) groups is 1. The first kappa shape index (κ1) is 15.7. The Hall–Kier alpha value is -1.68. The van der Waals surface area contributed by atoms with Crippen LogP contribution in [-0.4, -0.2) is 15.3 Å². The number of unbranched alkanes of at least 4 members (excludes halogenated alkanes) is 2. The van der Waals surface area contributed by atoms with Gasteiger partial charge in [-0.25, -0.2) is 4.98 Å². The third-order valence-corrected chi connectivity index (χ3v) is 4.58. The number of allylic oxidation sites excluding steroid dienone is 1. The van der Waals surface area contributed by atoms with Gasteiger partial charge in [-0.3, -0.25) is 4.79 Å². The molecule has 0 spiro atoms. The van der Waals surface area contributed by atoms with Crippen LogP contribution in [0.4, 0.5) is 0 Å². The van der Waals surface area contributed by atoms with Crippen LogP contribution in [0.1, 0.15) is 49.1 Å². The molecule has 112 valence electrons. The molecule has 2 aromatic heterocycles. The van der Waals surface area contributed by atoms with Crippen LogP contribution in [0.25, 0.3) is 6.08 Å². The fourth-order valence-electron chi connectivity index (χ4n) is 2.30. The van der Waals surface area contributed by atoms with Gasteiger partial charge in [-0.2, -0.15) is 0 Å². The summed E-state index contributed by atoms with van der Waals surface area (Å²) in [6, 6.07) is 1.94. The SMILES string of the molecule is CCCCCC(C(=O)C=Cc1sccc1C)n1ccnc1. The molecule has 2 aromatic rings. The van der Waals surface area contributed by atoms with E-state index in [1.54, 1.807) is 29.9 Å². The lowest BCUT2D eigenvalue weighted by atomic mass is 10.0. The summed E-state index contributed by atoms with van der Waals surface area (Å²) < 4.78 is 1.92. The summed E-state index contributed by atoms with van der Waals surface area (Å²) in [5.74, 6) is 0.150. The molecular formula is C17H22N2OS. The second-order valence-electron chi connectivity index (χ2n) is 5.23. The van der Waals surface area contributed by atoms with E-state index in [0.717, 1.165) is 30.6 Å². The highest BCUT2D eigenvalue weighted by atomic mass is 32.1. The number of rotatable bonds is 8. The second kappa shape index (κ2) is 7.93. The molecule has 0 saturated heterocycles. The molecule has 2 heterocycles. The van der Waals surface area contributed by atoms with E-state index in [4.69, 9.17) is 0 Å². The zero-order valence-electron chi connectivity index (χ0n) is 12.7. The third-order valence-electron chi connectivity index (χ3n) is 3.59. The first-order chi connectivity index (χ1) is 10.2. The Morgan fingerprint density at radius 1 is 1.48 bits per heavy atom. The number of aromatic nitrogens is 2. The predicted molar refractivity (Wildman–Crippen MR) is 88.5 cm³/mol. The Balaban J connectivity index is 2.07. The maximum Gasteiger partial charge on any atom is 0.178 e. The number of nitrogens with zero attached hydrogens (tertiary/aromatic N) is 2. The van der Waals surface area contributed by atoms with Gasteiger partial charge >= 0.3 is 0 Å². The van der Waals surface area contributed by atoms with Gasteiger partial charge in [0.1, 0.15) is 0 Å². The first-order valence-electron chi connectivity index (χ1n) is 7.46. The van der Waals surface area contributed by atoms with E-state index in [1.165, 1.54) is 5.56 Å². The van der Waals surface area contributed by atoms with Crippen LogP contribution in [0.2, 0.25) is 0 Å². The van der Waals surface area contributed by atoms with E-state index in [0.29, 0.717) is 0 Å². The molecular weight excluding hydrogens is 280 g/mol. The normalized spacial score (nSPS) is 12.9. The molecule has 0 aliphatic carbocycles. The summed E-state index contributed by atoms with van der Waals surface area (Å²) in [6.45, 7) is 4.24. The molecule has 0 radical (unpaired) electrons. The van der Waals surface area contributed by atoms with Crippen LogP contribution in [0.5, 0.6) is 0 Å². The number of hydrogen-bond acceptors (Lipinski definition) is 3. The summed E-state index contributed by atoms with van der Waals surface area (Å²) in [5.41, 5.74) is 1.22. The Morgan fingerprint density at radius 2 is 2.33 bits per heavy atom. The smallest absolute Gasteiger partial charge is 0.178 e. The summed E-state index contributed by atoms with van der Waals surface area (Å²) in [4.78, 5) is 17.7. The van der Waals surface area contributed by atoms with Gasteiger partial charge in [0.15, 0.2) is 5.78 Å². The minimum Gasteiger partial charge on any atom is -0.327 e. The van der Waals surface area contributed by atoms with Gasteiger partial charge in [-0.1, -0.05) is 26.2 Å². The van der Waals surface area contributed by atoms with Crippen LogP contribution >= 0.6 is 11.3 Å². The molecule has 1 atom stereocenters. The lowest BCUT2D eigenvalue weighted by Gasteiger charge is -2.15. The monoisotopic (exact) mass is 302 g/mol. The van der Waals surface area contributed by atoms with Gasteiger partial charge in [-0.05, 0) is 42.5 Å². The van der Waals surface area contributed by atoms with Crippen molar-refractivity contribution in [2.75, 3.05) is 0 Å². The topological polar surface area (TPSA) is 34.9 Å². The Morgan fingerprint density at radius 3 is 2.95 bits per heavy atom. The van der Waals surface area contributed by atoms with Gasteiger partial charge in [0.2, 0.25) is 0 Å². The van der Waals surface area contributed by atoms with Crippen LogP contribution in [0.15, 0.2) is 36.2 Å². The number of imidazole rings is 1. The molecule has 0 amide bonds. The average Bonchev–Trinajstić information content (AvgIpc) is 3.13. The van der Waals surface area contributed by atoms with E-state index in [2.05, 4.69) is 24.9 Å². The van der Waals surface area contributed by atoms with Crippen molar-refractivity contribution in [2.45, 2.75) is 45.6 Å². The highest BCUT2D eigenvalue weighted by Crippen LogP contribution is 2.20. The van der Waals surface area contributed by atoms with Gasteiger partial charge in [0.25, 0.3) is 0 Å². The summed E-state index contributed by atoms with van der Waals surface area (Å²) in [6.07, 6.45) is 13.3. The maximum atomic E-state index is 12.5. The molecule has 0 aliphatic heterocycles. The largest absolute Gasteiger partial charge is 0.327 e. The van der Waals surface area contributed by atoms with E-state index < -0.39 is 0 Å². The number of carbonyl (C=O) groups excluding carboxylic acids is 1. The van der Waals surface area contributed by atoms with E-state index >= 15 is 0 Å². The van der Waals surface area contributed by atoms with Gasteiger partial charge in [0.05, 0.1) is 12.4 Å². The number of hydrogen-bond donors (Lipinski definition) is 0. The van der Waals surface area contributed by atoms with Crippen molar-refractivity contribution in [2.24, 2.45) is 0 Å². The summed E-state index contributed by atoms with van der Waals surface area (Å²) in [7, 11) is 0. The van der Waals surface area contributed by atoms with Crippen LogP contribution in [0.3, 0.4) is 0 Å². The highest BCUT2D eigenvalue weighted by Gasteiger charge is 2.17. The van der Waals surface area contributed by atoms with Crippen molar-refractivity contribution in [3.05, 3.63) is 46.7 Å². The molecule has 0 aliphatic rings. The summed E-state index contributed by atoms with van der Waals surface area (Å²) in [5, 5.41) is 2.05. The Kier molecular flexibility index (Phi) is 5.93. The fraction of sp³-hybridized carbons (Fsp3) is 0.412. The quantitative estimate of drug-likeness (QED) is 0.525. The molecule has 1 unspecified atom stereocenters. The molecule has 0 aromatic carbocycles. The maximum absolute atomic E-state index is 12.5. The standard InChI is InChI=1S/C17H22N2OS/c1-3-4-5-6-15(19-11-10-18-13-19)16(20)7-8-17-14(2)9-12-21-17/h7-13,15H,3-6H2,1-2H3. The lowest BCUT2D eigenvalue weighted by Crippen LogP contribution is -2.16. The van der Waals surface area contributed by atoms with Gasteiger partial charge < -0.3 is 4.57 Å². The van der Waals surface area contributed by atoms with Gasteiger partial charge in [-0.15, -0.1) is 11.3 Å². The summed E-state index contributed by atoms with van der Waals surface area (Å²) >= 11 is 1.66. The van der Waals surface area contributed by atoms with Crippen molar-refractivity contribution < 1.29 is 4.79 Å². The highest BCUT2D eigenvalue weighted by molar-refractivity contribution is 7.11. The van der Waals surface area contributed by atoms with Crippen molar-refractivity contribution in [1.29, 1.82) is 0 Å². The van der Waals surface area contributed by atoms with E-state index in [1.807, 2.05) is 22.2 Å². The predicted octanol–water partition coefficient (Wildman–Crippen LogP) is 4.66. The van der Waals surface area contributed by atoms with Gasteiger partial charge in [0, 0.05) is 17.3 Å². The molecule has 2 rings (SSSR count). The zero-order valence-corrected chi connectivity index (χ0v) is 13.5. The fourth-order valence-corrected chi connectivity index (χ4v) is 3.12. The number of aryl methyl sites for hydroxylation is 1. The third kappa shape index (κ3) is 4.39. The molecule has 0 bridgehead atoms. The number of thiophene rings is 1. The minimum atomic E-state index is -0.129. The van der Waals surface area contributed by atoms with Crippen molar-refractivity contribution in [3.63, 3.8) is 0 Å².